The molecule has 2 aliphatic heterocycles. The Morgan fingerprint density at radius 3 is 3.11 bits per heavy atom. The molecule has 0 saturated carbocycles. The van der Waals surface area contributed by atoms with Crippen LogP contribution in [0, 0.1) is 0 Å². The molecule has 2 heterocycles. The molecule has 0 spiro atoms. The maximum Gasteiger partial charge on any atom is 0.0757 e. The van der Waals surface area contributed by atoms with Gasteiger partial charge >= 0.3 is 0 Å². The molecule has 9 heavy (non-hydrogen) atoms. The highest BCUT2D eigenvalue weighted by atomic mass is 16.5. The minimum atomic E-state index is 0.662. The highest BCUT2D eigenvalue weighted by Gasteiger charge is 2.32. The molecule has 1 N–H and O–H groups in total. The molecule has 1 atom stereocenters. The SMILES string of the molecule is ON1C[C@@H]2CCCN2C1. The molecule has 0 aromatic carbocycles. The van der Waals surface area contributed by atoms with E-state index in [2.05, 4.69) is 4.90 Å². The molecular weight excluding hydrogens is 116 g/mol. The topological polar surface area (TPSA) is 26.7 Å². The maximum atomic E-state index is 9.03. The summed E-state index contributed by atoms with van der Waals surface area (Å²) < 4.78 is 0. The minimum Gasteiger partial charge on any atom is -0.313 e. The summed E-state index contributed by atoms with van der Waals surface area (Å²) in [6.45, 7) is 2.81. The first-order valence-electron chi connectivity index (χ1n) is 3.54. The quantitative estimate of drug-likeness (QED) is 0.501. The maximum absolute atomic E-state index is 9.03. The lowest BCUT2D eigenvalue weighted by Crippen LogP contribution is -2.23. The molecule has 52 valence electrons. The normalized spacial score (nSPS) is 37.7. The Labute approximate surface area is 54.8 Å². The molecule has 0 radical (unpaired) electrons. The van der Waals surface area contributed by atoms with Crippen LogP contribution < -0.4 is 0 Å². The van der Waals surface area contributed by atoms with Crippen LogP contribution in [-0.4, -0.2) is 41.0 Å². The van der Waals surface area contributed by atoms with E-state index in [9.17, 15) is 0 Å². The summed E-state index contributed by atoms with van der Waals surface area (Å²) in [5.74, 6) is 0. The Bertz CT molecular complexity index is 106. The van der Waals surface area contributed by atoms with Crippen LogP contribution in [0.4, 0.5) is 0 Å². The standard InChI is InChI=1S/C6H12N2O/c9-8-4-6-2-1-3-7(6)5-8/h6,9H,1-5H2/t6-/m0/s1. The minimum absolute atomic E-state index is 0.662. The van der Waals surface area contributed by atoms with Crippen LogP contribution >= 0.6 is 0 Å². The van der Waals surface area contributed by atoms with Gasteiger partial charge in [0.1, 0.15) is 0 Å². The molecule has 0 aliphatic carbocycles. The summed E-state index contributed by atoms with van der Waals surface area (Å²) in [5, 5.41) is 10.4. The zero-order valence-corrected chi connectivity index (χ0v) is 5.45. The van der Waals surface area contributed by atoms with Gasteiger partial charge in [0.25, 0.3) is 0 Å². The van der Waals surface area contributed by atoms with Crippen molar-refractivity contribution in [1.29, 1.82) is 0 Å². The Morgan fingerprint density at radius 2 is 2.33 bits per heavy atom. The van der Waals surface area contributed by atoms with Gasteiger partial charge < -0.3 is 5.21 Å². The molecule has 0 unspecified atom stereocenters. The van der Waals surface area contributed by atoms with E-state index in [1.807, 2.05) is 0 Å². The Hall–Kier alpha value is -0.120. The van der Waals surface area contributed by atoms with E-state index in [1.54, 1.807) is 0 Å². The number of hydroxylamine groups is 2. The molecule has 0 amide bonds. The van der Waals surface area contributed by atoms with Crippen LogP contribution in [0.1, 0.15) is 12.8 Å². The van der Waals surface area contributed by atoms with Gasteiger partial charge in [0.05, 0.1) is 6.67 Å². The van der Waals surface area contributed by atoms with Gasteiger partial charge in [-0.15, -0.1) is 0 Å². The predicted octanol–water partition coefficient (Wildman–Crippen LogP) is 0.113. The highest BCUT2D eigenvalue weighted by molar-refractivity contribution is 4.84. The monoisotopic (exact) mass is 128 g/mol. The van der Waals surface area contributed by atoms with Gasteiger partial charge in [-0.2, -0.15) is 5.06 Å². The van der Waals surface area contributed by atoms with Gasteiger partial charge in [-0.25, -0.2) is 0 Å². The van der Waals surface area contributed by atoms with Gasteiger partial charge in [0, 0.05) is 12.6 Å². The lowest BCUT2D eigenvalue weighted by molar-refractivity contribution is -0.0815. The number of fused-ring (bicyclic) bond motifs is 1. The first-order valence-corrected chi connectivity index (χ1v) is 3.54. The second-order valence-electron chi connectivity index (χ2n) is 2.94. The molecule has 3 heteroatoms. The van der Waals surface area contributed by atoms with Crippen LogP contribution in [0.3, 0.4) is 0 Å². The smallest absolute Gasteiger partial charge is 0.0757 e. The summed E-state index contributed by atoms with van der Waals surface area (Å²) in [6.07, 6.45) is 2.59. The molecule has 0 aromatic rings. The molecule has 2 fully saturated rings. The van der Waals surface area contributed by atoms with Crippen molar-refractivity contribution in [2.45, 2.75) is 18.9 Å². The first-order chi connectivity index (χ1) is 4.36. The summed E-state index contributed by atoms with van der Waals surface area (Å²) in [5.41, 5.74) is 0. The van der Waals surface area contributed by atoms with Crippen LogP contribution in [0.5, 0.6) is 0 Å². The van der Waals surface area contributed by atoms with Gasteiger partial charge in [-0.05, 0) is 19.4 Å². The van der Waals surface area contributed by atoms with Crippen molar-refractivity contribution in [2.24, 2.45) is 0 Å². The average molecular weight is 128 g/mol. The Morgan fingerprint density at radius 1 is 1.44 bits per heavy atom. The third kappa shape index (κ3) is 0.852. The average Bonchev–Trinajstić information content (AvgIpc) is 2.22. The van der Waals surface area contributed by atoms with E-state index >= 15 is 0 Å². The van der Waals surface area contributed by atoms with E-state index in [0.29, 0.717) is 6.04 Å². The van der Waals surface area contributed by atoms with Crippen molar-refractivity contribution in [2.75, 3.05) is 19.8 Å². The largest absolute Gasteiger partial charge is 0.313 e. The van der Waals surface area contributed by atoms with Crippen molar-refractivity contribution in [3.63, 3.8) is 0 Å². The fourth-order valence-electron chi connectivity index (χ4n) is 1.80. The van der Waals surface area contributed by atoms with Gasteiger partial charge in [-0.3, -0.25) is 4.90 Å². The van der Waals surface area contributed by atoms with E-state index in [4.69, 9.17) is 5.21 Å². The molecule has 2 saturated heterocycles. The Kier molecular flexibility index (Phi) is 1.22. The molecule has 2 rings (SSSR count). The number of hydrogen-bond acceptors (Lipinski definition) is 3. The molecular formula is C6H12N2O. The number of nitrogens with zero attached hydrogens (tertiary/aromatic N) is 2. The zero-order chi connectivity index (χ0) is 6.27. The van der Waals surface area contributed by atoms with Crippen molar-refractivity contribution in [3.8, 4) is 0 Å². The highest BCUT2D eigenvalue weighted by Crippen LogP contribution is 2.22. The van der Waals surface area contributed by atoms with Crippen LogP contribution in [0.25, 0.3) is 0 Å². The lowest BCUT2D eigenvalue weighted by atomic mass is 10.2. The van der Waals surface area contributed by atoms with Crippen molar-refractivity contribution in [3.05, 3.63) is 0 Å². The van der Waals surface area contributed by atoms with Crippen molar-refractivity contribution >= 4 is 0 Å². The fourth-order valence-corrected chi connectivity index (χ4v) is 1.80. The van der Waals surface area contributed by atoms with E-state index in [1.165, 1.54) is 24.4 Å². The van der Waals surface area contributed by atoms with Gasteiger partial charge in [0.2, 0.25) is 0 Å². The second-order valence-corrected chi connectivity index (χ2v) is 2.94. The number of rotatable bonds is 0. The third-order valence-electron chi connectivity index (χ3n) is 2.27. The number of hydrogen-bond donors (Lipinski definition) is 1. The fraction of sp³-hybridized carbons (Fsp3) is 1.00. The first kappa shape index (κ1) is 5.65. The third-order valence-corrected chi connectivity index (χ3v) is 2.27. The summed E-state index contributed by atoms with van der Waals surface area (Å²) in [6, 6.07) is 0.662. The van der Waals surface area contributed by atoms with E-state index in [0.717, 1.165) is 13.2 Å². The van der Waals surface area contributed by atoms with Gasteiger partial charge in [0.15, 0.2) is 0 Å². The Balaban J connectivity index is 2.02. The van der Waals surface area contributed by atoms with Crippen LogP contribution in [0.15, 0.2) is 0 Å². The summed E-state index contributed by atoms with van der Waals surface area (Å²) in [4.78, 5) is 2.33. The van der Waals surface area contributed by atoms with Crippen LogP contribution in [0.2, 0.25) is 0 Å². The van der Waals surface area contributed by atoms with Crippen molar-refractivity contribution < 1.29 is 5.21 Å². The van der Waals surface area contributed by atoms with E-state index in [-0.39, 0.29) is 0 Å². The summed E-state index contributed by atoms with van der Waals surface area (Å²) in [7, 11) is 0. The van der Waals surface area contributed by atoms with Gasteiger partial charge in [-0.1, -0.05) is 0 Å². The molecule has 0 aromatic heterocycles. The lowest BCUT2D eigenvalue weighted by Gasteiger charge is -2.10. The van der Waals surface area contributed by atoms with Crippen molar-refractivity contribution in [1.82, 2.24) is 9.96 Å². The molecule has 3 nitrogen and oxygen atoms in total. The summed E-state index contributed by atoms with van der Waals surface area (Å²) >= 11 is 0. The molecule has 0 bridgehead atoms. The predicted molar refractivity (Wildman–Crippen MR) is 33.1 cm³/mol. The van der Waals surface area contributed by atoms with E-state index < -0.39 is 0 Å². The van der Waals surface area contributed by atoms with Crippen LogP contribution in [-0.2, 0) is 0 Å². The zero-order valence-electron chi connectivity index (χ0n) is 5.45. The molecule has 2 aliphatic rings. The second kappa shape index (κ2) is 1.94.